The number of hydrogen-bond donors (Lipinski definition) is 2. The Labute approximate surface area is 111 Å². The van der Waals surface area contributed by atoms with E-state index < -0.39 is 0 Å². The van der Waals surface area contributed by atoms with Gasteiger partial charge in [0.2, 0.25) is 0 Å². The fourth-order valence-electron chi connectivity index (χ4n) is 1.84. The second kappa shape index (κ2) is 5.75. The average molecular weight is 261 g/mol. The van der Waals surface area contributed by atoms with Gasteiger partial charge in [0.05, 0.1) is 5.69 Å². The van der Waals surface area contributed by atoms with Gasteiger partial charge in [0.25, 0.3) is 0 Å². The first kappa shape index (κ1) is 13.4. The first-order chi connectivity index (χ1) is 9.06. The molecule has 1 atom stereocenters. The number of aromatic nitrogens is 2. The minimum absolute atomic E-state index is 0.0836. The topological polar surface area (TPSA) is 58.0 Å². The maximum atomic E-state index is 13.2. The highest BCUT2D eigenvalue weighted by Crippen LogP contribution is 2.24. The van der Waals surface area contributed by atoms with E-state index >= 15 is 0 Å². The summed E-state index contributed by atoms with van der Waals surface area (Å²) in [6.07, 6.45) is 1.70. The van der Waals surface area contributed by atoms with Crippen molar-refractivity contribution in [3.05, 3.63) is 53.4 Å². The summed E-state index contributed by atoms with van der Waals surface area (Å²) in [5.41, 5.74) is 1.39. The van der Waals surface area contributed by atoms with E-state index in [2.05, 4.69) is 15.3 Å². The molecule has 0 fully saturated rings. The van der Waals surface area contributed by atoms with Gasteiger partial charge in [0.15, 0.2) is 0 Å². The minimum atomic E-state index is -0.362. The summed E-state index contributed by atoms with van der Waals surface area (Å²) < 4.78 is 13.2. The van der Waals surface area contributed by atoms with E-state index in [1.807, 2.05) is 19.9 Å². The number of nitrogens with one attached hydrogen (secondary N) is 1. The third-order valence-corrected chi connectivity index (χ3v) is 2.88. The molecule has 0 aliphatic heterocycles. The number of benzene rings is 1. The second-order valence-corrected chi connectivity index (χ2v) is 4.40. The predicted molar refractivity (Wildman–Crippen MR) is 70.1 cm³/mol. The largest absolute Gasteiger partial charge is 0.508 e. The molecule has 2 aromatic rings. The normalized spacial score (nSPS) is 12.4. The fourth-order valence-corrected chi connectivity index (χ4v) is 1.84. The van der Waals surface area contributed by atoms with E-state index in [1.54, 1.807) is 6.20 Å². The van der Waals surface area contributed by atoms with Crippen molar-refractivity contribution in [2.45, 2.75) is 26.4 Å². The highest BCUT2D eigenvalue weighted by molar-refractivity contribution is 5.34. The molecule has 0 aliphatic carbocycles. The van der Waals surface area contributed by atoms with E-state index in [-0.39, 0.29) is 17.6 Å². The smallest absolute Gasteiger partial charge is 0.125 e. The maximum absolute atomic E-state index is 13.2. The van der Waals surface area contributed by atoms with Gasteiger partial charge in [-0.2, -0.15) is 0 Å². The molecule has 1 aromatic carbocycles. The fraction of sp³-hybridized carbons (Fsp3) is 0.286. The van der Waals surface area contributed by atoms with E-state index in [4.69, 9.17) is 0 Å². The van der Waals surface area contributed by atoms with Gasteiger partial charge < -0.3 is 10.4 Å². The molecule has 1 unspecified atom stereocenters. The van der Waals surface area contributed by atoms with Gasteiger partial charge in [0.1, 0.15) is 17.4 Å². The lowest BCUT2D eigenvalue weighted by atomic mass is 10.1. The summed E-state index contributed by atoms with van der Waals surface area (Å²) in [5.74, 6) is 0.431. The van der Waals surface area contributed by atoms with Gasteiger partial charge >= 0.3 is 0 Å². The van der Waals surface area contributed by atoms with Crippen LogP contribution in [0.25, 0.3) is 0 Å². The zero-order chi connectivity index (χ0) is 13.8. The molecular weight excluding hydrogens is 245 g/mol. The molecule has 0 saturated carbocycles. The molecule has 0 radical (unpaired) electrons. The summed E-state index contributed by atoms with van der Waals surface area (Å²) in [5, 5.41) is 12.9. The van der Waals surface area contributed by atoms with Gasteiger partial charge in [-0.25, -0.2) is 14.4 Å². The van der Waals surface area contributed by atoms with Crippen molar-refractivity contribution in [3.8, 4) is 5.75 Å². The van der Waals surface area contributed by atoms with Crippen LogP contribution in [0.2, 0.25) is 0 Å². The molecule has 0 saturated heterocycles. The van der Waals surface area contributed by atoms with Crippen molar-refractivity contribution in [1.29, 1.82) is 0 Å². The number of hydrogen-bond acceptors (Lipinski definition) is 4. The van der Waals surface area contributed by atoms with Crippen LogP contribution in [0, 0.1) is 12.7 Å². The van der Waals surface area contributed by atoms with E-state index in [9.17, 15) is 9.50 Å². The number of halogens is 1. The lowest BCUT2D eigenvalue weighted by Crippen LogP contribution is -2.19. The van der Waals surface area contributed by atoms with E-state index in [1.165, 1.54) is 18.2 Å². The molecule has 19 heavy (non-hydrogen) atoms. The van der Waals surface area contributed by atoms with Crippen molar-refractivity contribution < 1.29 is 9.50 Å². The van der Waals surface area contributed by atoms with Crippen LogP contribution >= 0.6 is 0 Å². The molecule has 0 bridgehead atoms. The zero-order valence-electron chi connectivity index (χ0n) is 10.9. The number of aromatic hydroxyl groups is 1. The lowest BCUT2D eigenvalue weighted by Gasteiger charge is -2.15. The second-order valence-electron chi connectivity index (χ2n) is 4.40. The summed E-state index contributed by atoms with van der Waals surface area (Å²) >= 11 is 0. The van der Waals surface area contributed by atoms with Gasteiger partial charge in [0, 0.05) is 24.3 Å². The molecule has 2 rings (SSSR count). The number of nitrogens with zero attached hydrogens (tertiary/aromatic N) is 2. The van der Waals surface area contributed by atoms with Crippen molar-refractivity contribution in [2.75, 3.05) is 0 Å². The Morgan fingerprint density at radius 3 is 2.89 bits per heavy atom. The summed E-state index contributed by atoms with van der Waals surface area (Å²) in [4.78, 5) is 8.29. The van der Waals surface area contributed by atoms with Crippen LogP contribution in [0.15, 0.2) is 30.5 Å². The van der Waals surface area contributed by atoms with Crippen LogP contribution < -0.4 is 5.32 Å². The van der Waals surface area contributed by atoms with Crippen molar-refractivity contribution in [1.82, 2.24) is 15.3 Å². The molecule has 0 spiro atoms. The molecule has 100 valence electrons. The Morgan fingerprint density at radius 2 is 2.16 bits per heavy atom. The summed E-state index contributed by atoms with van der Waals surface area (Å²) in [6, 6.07) is 5.57. The lowest BCUT2D eigenvalue weighted by molar-refractivity contribution is 0.448. The molecule has 4 nitrogen and oxygen atoms in total. The molecule has 1 aromatic heterocycles. The molecule has 2 N–H and O–H groups in total. The number of phenolic OH excluding ortho intramolecular Hbond substituents is 1. The van der Waals surface area contributed by atoms with Crippen LogP contribution in [0.5, 0.6) is 5.75 Å². The van der Waals surface area contributed by atoms with Crippen LogP contribution in [-0.4, -0.2) is 15.1 Å². The van der Waals surface area contributed by atoms with Gasteiger partial charge in [-0.05, 0) is 38.1 Å². The Hall–Kier alpha value is -2.01. The van der Waals surface area contributed by atoms with Crippen molar-refractivity contribution in [3.63, 3.8) is 0 Å². The number of rotatable bonds is 4. The van der Waals surface area contributed by atoms with Crippen LogP contribution in [0.1, 0.15) is 30.0 Å². The van der Waals surface area contributed by atoms with Crippen LogP contribution in [0.3, 0.4) is 0 Å². The first-order valence-corrected chi connectivity index (χ1v) is 6.06. The Balaban J connectivity index is 2.05. The van der Waals surface area contributed by atoms with Crippen molar-refractivity contribution in [2.24, 2.45) is 0 Å². The third kappa shape index (κ3) is 3.48. The SMILES string of the molecule is Cc1nccc(CNC(C)c2cc(F)ccc2O)n1. The average Bonchev–Trinajstić information content (AvgIpc) is 2.39. The first-order valence-electron chi connectivity index (χ1n) is 6.06. The molecular formula is C14H16FN3O. The third-order valence-electron chi connectivity index (χ3n) is 2.88. The molecule has 0 aliphatic rings. The van der Waals surface area contributed by atoms with Gasteiger partial charge in [-0.3, -0.25) is 0 Å². The number of phenols is 1. The standard InChI is InChI=1S/C14H16FN3O/c1-9(13-7-11(15)3-4-14(13)19)17-8-12-5-6-16-10(2)18-12/h3-7,9,17,19H,8H2,1-2H3. The quantitative estimate of drug-likeness (QED) is 0.887. The predicted octanol–water partition coefficient (Wildman–Crippen LogP) is 2.48. The van der Waals surface area contributed by atoms with E-state index in [0.29, 0.717) is 17.9 Å². The molecule has 0 amide bonds. The Bertz CT molecular complexity index is 574. The van der Waals surface area contributed by atoms with E-state index in [0.717, 1.165) is 5.69 Å². The summed E-state index contributed by atoms with van der Waals surface area (Å²) in [6.45, 7) is 4.22. The molecule has 1 heterocycles. The number of aryl methyl sites for hydroxylation is 1. The maximum Gasteiger partial charge on any atom is 0.125 e. The monoisotopic (exact) mass is 261 g/mol. The van der Waals surface area contributed by atoms with Crippen LogP contribution in [0.4, 0.5) is 4.39 Å². The van der Waals surface area contributed by atoms with Crippen LogP contribution in [-0.2, 0) is 6.54 Å². The highest BCUT2D eigenvalue weighted by atomic mass is 19.1. The summed E-state index contributed by atoms with van der Waals surface area (Å²) in [7, 11) is 0. The Kier molecular flexibility index (Phi) is 4.06. The minimum Gasteiger partial charge on any atom is -0.508 e. The molecule has 5 heteroatoms. The van der Waals surface area contributed by atoms with Gasteiger partial charge in [-0.1, -0.05) is 0 Å². The zero-order valence-corrected chi connectivity index (χ0v) is 10.9. The van der Waals surface area contributed by atoms with Crippen molar-refractivity contribution >= 4 is 0 Å². The van der Waals surface area contributed by atoms with Gasteiger partial charge in [-0.15, -0.1) is 0 Å². The Morgan fingerprint density at radius 1 is 1.37 bits per heavy atom. The highest BCUT2D eigenvalue weighted by Gasteiger charge is 2.11.